The van der Waals surface area contributed by atoms with Crippen LogP contribution in [0.4, 0.5) is 0 Å². The summed E-state index contributed by atoms with van der Waals surface area (Å²) in [6.45, 7) is 13.4. The number of hydrogen-bond acceptors (Lipinski definition) is 3. The van der Waals surface area contributed by atoms with Crippen molar-refractivity contribution in [3.8, 4) is 0 Å². The van der Waals surface area contributed by atoms with Crippen LogP contribution >= 0.6 is 0 Å². The second-order valence-electron chi connectivity index (χ2n) is 12.2. The molecule has 0 N–H and O–H groups in total. The number of unbranched alkanes of at least 4 members (excludes halogenated alkanes) is 13. The van der Waals surface area contributed by atoms with Gasteiger partial charge in [-0.05, 0) is 89.4 Å². The lowest BCUT2D eigenvalue weighted by molar-refractivity contribution is -0.384. The van der Waals surface area contributed by atoms with E-state index in [1.165, 1.54) is 89.9 Å². The zero-order chi connectivity index (χ0) is 30.1. The number of rotatable bonds is 32. The highest BCUT2D eigenvalue weighted by molar-refractivity contribution is 4.83. The lowest BCUT2D eigenvalue weighted by Gasteiger charge is -2.34. The van der Waals surface area contributed by atoms with Crippen LogP contribution in [0.5, 0.6) is 0 Å². The summed E-state index contributed by atoms with van der Waals surface area (Å²) < 4.78 is 19.5. The summed E-state index contributed by atoms with van der Waals surface area (Å²) in [5.41, 5.74) is 0. The molecule has 3 heteroatoms. The Morgan fingerprint density at radius 1 is 0.439 bits per heavy atom. The quantitative estimate of drug-likeness (QED) is 0.0453. The first kappa shape index (κ1) is 40.1. The van der Waals surface area contributed by atoms with Gasteiger partial charge in [0.25, 0.3) is 5.97 Å². The van der Waals surface area contributed by atoms with Gasteiger partial charge in [-0.1, -0.05) is 122 Å². The SMILES string of the molecule is CCCCC/C=C\CCCOC(CCCCC(C)C)(OCCC/C=C\CCCCC)OCCC/C=C\CCCCC. The van der Waals surface area contributed by atoms with Gasteiger partial charge in [0.1, 0.15) is 0 Å². The molecule has 0 saturated carbocycles. The summed E-state index contributed by atoms with van der Waals surface area (Å²) >= 11 is 0. The summed E-state index contributed by atoms with van der Waals surface area (Å²) in [7, 11) is 0. The predicted molar refractivity (Wildman–Crippen MR) is 181 cm³/mol. The smallest absolute Gasteiger partial charge is 0.282 e. The van der Waals surface area contributed by atoms with E-state index in [9.17, 15) is 0 Å². The fourth-order valence-electron chi connectivity index (χ4n) is 4.77. The van der Waals surface area contributed by atoms with Crippen molar-refractivity contribution in [3.05, 3.63) is 36.5 Å². The van der Waals surface area contributed by atoms with Gasteiger partial charge in [-0.2, -0.15) is 0 Å². The summed E-state index contributed by atoms with van der Waals surface area (Å²) in [5, 5.41) is 0. The molecule has 0 fully saturated rings. The van der Waals surface area contributed by atoms with Crippen molar-refractivity contribution in [2.24, 2.45) is 5.92 Å². The van der Waals surface area contributed by atoms with Crippen LogP contribution < -0.4 is 0 Å². The van der Waals surface area contributed by atoms with E-state index in [0.29, 0.717) is 19.8 Å². The maximum absolute atomic E-state index is 6.51. The first-order valence-electron chi connectivity index (χ1n) is 18.0. The van der Waals surface area contributed by atoms with Crippen molar-refractivity contribution in [1.82, 2.24) is 0 Å². The fraction of sp³-hybridized carbons (Fsp3) is 0.842. The standard InChI is InChI=1S/C38H72O3/c1-6-9-12-15-18-21-24-29-34-39-38(33-28-27-32-37(4)5,40-35-30-25-22-19-16-13-10-7-2)41-36-31-26-23-20-17-14-11-8-3/h18-23,37H,6-17,24-36H2,1-5H3/b21-18-,22-19-,23-20-. The Labute approximate surface area is 258 Å². The molecule has 0 aromatic rings. The molecule has 0 amide bonds. The second-order valence-corrected chi connectivity index (χ2v) is 12.2. The summed E-state index contributed by atoms with van der Waals surface area (Å²) in [6.07, 6.45) is 39.8. The van der Waals surface area contributed by atoms with Crippen LogP contribution in [-0.4, -0.2) is 25.8 Å². The Hall–Kier alpha value is -0.900. The van der Waals surface area contributed by atoms with Crippen LogP contribution in [0.3, 0.4) is 0 Å². The van der Waals surface area contributed by atoms with Gasteiger partial charge in [0.2, 0.25) is 0 Å². The Bertz CT molecular complexity index is 523. The van der Waals surface area contributed by atoms with E-state index in [1.54, 1.807) is 0 Å². The summed E-state index contributed by atoms with van der Waals surface area (Å²) in [4.78, 5) is 0. The molecule has 3 nitrogen and oxygen atoms in total. The zero-order valence-electron chi connectivity index (χ0n) is 28.4. The number of allylic oxidation sites excluding steroid dienone is 6. The number of hydrogen-bond donors (Lipinski definition) is 0. The van der Waals surface area contributed by atoms with Gasteiger partial charge in [0.05, 0.1) is 19.8 Å². The average molecular weight is 577 g/mol. The molecule has 242 valence electrons. The van der Waals surface area contributed by atoms with Crippen LogP contribution in [0.15, 0.2) is 36.5 Å². The van der Waals surface area contributed by atoms with E-state index in [0.717, 1.165) is 57.3 Å². The third-order valence-electron chi connectivity index (χ3n) is 7.45. The predicted octanol–water partition coefficient (Wildman–Crippen LogP) is 12.7. The molecule has 0 unspecified atom stereocenters. The Kier molecular flexibility index (Phi) is 31.3. The summed E-state index contributed by atoms with van der Waals surface area (Å²) in [5.74, 6) is -0.179. The van der Waals surface area contributed by atoms with Crippen LogP contribution in [0.2, 0.25) is 0 Å². The van der Waals surface area contributed by atoms with Gasteiger partial charge < -0.3 is 14.2 Å². The van der Waals surface area contributed by atoms with Crippen molar-refractivity contribution < 1.29 is 14.2 Å². The van der Waals surface area contributed by atoms with Crippen LogP contribution in [0, 0.1) is 5.92 Å². The Balaban J connectivity index is 4.95. The molecular formula is C38H72O3. The van der Waals surface area contributed by atoms with E-state index >= 15 is 0 Å². The molecule has 0 aromatic heterocycles. The molecule has 0 rings (SSSR count). The van der Waals surface area contributed by atoms with E-state index in [4.69, 9.17) is 14.2 Å². The van der Waals surface area contributed by atoms with E-state index in [2.05, 4.69) is 71.1 Å². The van der Waals surface area contributed by atoms with Gasteiger partial charge in [-0.15, -0.1) is 0 Å². The van der Waals surface area contributed by atoms with Gasteiger partial charge >= 0.3 is 0 Å². The largest absolute Gasteiger partial charge is 0.327 e. The lowest BCUT2D eigenvalue weighted by atomic mass is 10.0. The highest BCUT2D eigenvalue weighted by Gasteiger charge is 2.33. The molecule has 0 aliphatic carbocycles. The molecule has 0 aromatic carbocycles. The molecule has 0 aliphatic rings. The van der Waals surface area contributed by atoms with Crippen molar-refractivity contribution >= 4 is 0 Å². The molecule has 0 saturated heterocycles. The monoisotopic (exact) mass is 577 g/mol. The van der Waals surface area contributed by atoms with Gasteiger partial charge in [0, 0.05) is 6.42 Å². The van der Waals surface area contributed by atoms with Gasteiger partial charge in [-0.3, -0.25) is 0 Å². The lowest BCUT2D eigenvalue weighted by Crippen LogP contribution is -2.40. The van der Waals surface area contributed by atoms with Gasteiger partial charge in [0.15, 0.2) is 0 Å². The van der Waals surface area contributed by atoms with E-state index in [-0.39, 0.29) is 0 Å². The third-order valence-corrected chi connectivity index (χ3v) is 7.45. The maximum atomic E-state index is 6.51. The molecule has 0 bridgehead atoms. The van der Waals surface area contributed by atoms with E-state index < -0.39 is 5.97 Å². The highest BCUT2D eigenvalue weighted by atomic mass is 16.9. The normalized spacial score (nSPS) is 12.7. The minimum Gasteiger partial charge on any atom is -0.327 e. The number of ether oxygens (including phenoxy) is 3. The molecule has 41 heavy (non-hydrogen) atoms. The van der Waals surface area contributed by atoms with Crippen LogP contribution in [-0.2, 0) is 14.2 Å². The maximum Gasteiger partial charge on any atom is 0.282 e. The Morgan fingerprint density at radius 3 is 1.10 bits per heavy atom. The minimum absolute atomic E-state index is 0.679. The van der Waals surface area contributed by atoms with E-state index in [1.807, 2.05) is 0 Å². The molecule has 0 aliphatic heterocycles. The van der Waals surface area contributed by atoms with Crippen LogP contribution in [0.1, 0.15) is 176 Å². The Morgan fingerprint density at radius 2 is 0.780 bits per heavy atom. The van der Waals surface area contributed by atoms with Crippen molar-refractivity contribution in [2.45, 2.75) is 182 Å². The molecule has 0 atom stereocenters. The first-order chi connectivity index (χ1) is 20.1. The topological polar surface area (TPSA) is 27.7 Å². The van der Waals surface area contributed by atoms with Crippen molar-refractivity contribution in [2.75, 3.05) is 19.8 Å². The molecular weight excluding hydrogens is 504 g/mol. The first-order valence-corrected chi connectivity index (χ1v) is 18.0. The molecule has 0 radical (unpaired) electrons. The molecule has 0 spiro atoms. The third kappa shape index (κ3) is 29.0. The minimum atomic E-state index is -0.905. The second kappa shape index (κ2) is 32.0. The van der Waals surface area contributed by atoms with Gasteiger partial charge in [-0.25, -0.2) is 0 Å². The summed E-state index contributed by atoms with van der Waals surface area (Å²) in [6, 6.07) is 0. The van der Waals surface area contributed by atoms with Crippen LogP contribution in [0.25, 0.3) is 0 Å². The fourth-order valence-corrected chi connectivity index (χ4v) is 4.77. The van der Waals surface area contributed by atoms with Crippen molar-refractivity contribution in [1.29, 1.82) is 0 Å². The average Bonchev–Trinajstić information content (AvgIpc) is 2.96. The van der Waals surface area contributed by atoms with Crippen molar-refractivity contribution in [3.63, 3.8) is 0 Å². The zero-order valence-corrected chi connectivity index (χ0v) is 28.4. The highest BCUT2D eigenvalue weighted by Crippen LogP contribution is 2.26. The molecule has 0 heterocycles.